The summed E-state index contributed by atoms with van der Waals surface area (Å²) in [4.78, 5) is 25.5. The van der Waals surface area contributed by atoms with Crippen molar-refractivity contribution in [2.24, 2.45) is 0 Å². The molecule has 0 unspecified atom stereocenters. The van der Waals surface area contributed by atoms with Crippen molar-refractivity contribution >= 4 is 17.3 Å². The molecule has 2 aromatic rings. The molecule has 2 aromatic carbocycles. The largest absolute Gasteiger partial charge is 0.376 e. The number of hydrogen-bond donors (Lipinski definition) is 1. The minimum Gasteiger partial charge on any atom is -0.376 e. The van der Waals surface area contributed by atoms with E-state index in [9.17, 15) is 14.9 Å². The molecule has 0 aliphatic carbocycles. The molecule has 0 aromatic heterocycles. The van der Waals surface area contributed by atoms with Crippen LogP contribution in [0, 0.1) is 10.1 Å². The van der Waals surface area contributed by atoms with Gasteiger partial charge in [-0.1, -0.05) is 24.3 Å². The Morgan fingerprint density at radius 2 is 2.08 bits per heavy atom. The molecule has 7 heteroatoms. The first-order chi connectivity index (χ1) is 12.6. The molecule has 0 radical (unpaired) electrons. The number of non-ortho nitro benzene ring substituents is 1. The minimum atomic E-state index is -0.471. The number of anilines is 1. The van der Waals surface area contributed by atoms with E-state index in [1.54, 1.807) is 23.1 Å². The Hall–Kier alpha value is -2.93. The molecule has 134 valence electrons. The monoisotopic (exact) mass is 353 g/mol. The highest BCUT2D eigenvalue weighted by molar-refractivity contribution is 6.01. The molecular weight excluding hydrogens is 334 g/mol. The van der Waals surface area contributed by atoms with E-state index in [1.807, 2.05) is 18.2 Å². The van der Waals surface area contributed by atoms with E-state index in [0.717, 1.165) is 18.5 Å². The summed E-state index contributed by atoms with van der Waals surface area (Å²) >= 11 is 0. The van der Waals surface area contributed by atoms with Gasteiger partial charge in [-0.05, 0) is 25.0 Å². The standard InChI is InChI=1S/C19H19N3O4/c23-19-16-8-1-2-9-17(16)20-18(21(19)12-15-7-4-10-26-15)13-5-3-6-14(11-13)22(24)25/h1-3,5-6,8-9,11,15,18,20H,4,7,10,12H2/t15-,18+/m1/s1. The van der Waals surface area contributed by atoms with Gasteiger partial charge in [-0.15, -0.1) is 0 Å². The molecule has 4 rings (SSSR count). The Balaban J connectivity index is 1.73. The number of nitrogens with zero attached hydrogens (tertiary/aromatic N) is 2. The van der Waals surface area contributed by atoms with Crippen LogP contribution in [0.3, 0.4) is 0 Å². The summed E-state index contributed by atoms with van der Waals surface area (Å²) in [5, 5.41) is 14.5. The van der Waals surface area contributed by atoms with Crippen LogP contribution in [-0.2, 0) is 4.74 Å². The minimum absolute atomic E-state index is 0.00711. The van der Waals surface area contributed by atoms with Crippen molar-refractivity contribution in [2.75, 3.05) is 18.5 Å². The molecule has 2 aliphatic heterocycles. The van der Waals surface area contributed by atoms with Gasteiger partial charge >= 0.3 is 0 Å². The maximum Gasteiger partial charge on any atom is 0.269 e. The van der Waals surface area contributed by atoms with Gasteiger partial charge in [-0.25, -0.2) is 0 Å². The Labute approximate surface area is 150 Å². The van der Waals surface area contributed by atoms with Gasteiger partial charge in [0.2, 0.25) is 0 Å². The number of carbonyl (C=O) groups excluding carboxylic acids is 1. The molecule has 1 saturated heterocycles. The highest BCUT2D eigenvalue weighted by atomic mass is 16.6. The molecular formula is C19H19N3O4. The molecule has 26 heavy (non-hydrogen) atoms. The normalized spacial score (nSPS) is 22.0. The number of nitro groups is 1. The third kappa shape index (κ3) is 3.01. The summed E-state index contributed by atoms with van der Waals surface area (Å²) in [7, 11) is 0. The number of hydrogen-bond acceptors (Lipinski definition) is 5. The molecule has 7 nitrogen and oxygen atoms in total. The SMILES string of the molecule is O=C1c2ccccc2N[C@H](c2cccc([N+](=O)[O-])c2)N1C[C@H]1CCCO1. The van der Waals surface area contributed by atoms with Gasteiger partial charge in [-0.2, -0.15) is 0 Å². The lowest BCUT2D eigenvalue weighted by atomic mass is 10.0. The third-order valence-corrected chi connectivity index (χ3v) is 4.84. The zero-order valence-electron chi connectivity index (χ0n) is 14.1. The van der Waals surface area contributed by atoms with E-state index in [0.29, 0.717) is 24.3 Å². The van der Waals surface area contributed by atoms with Crippen molar-refractivity contribution in [2.45, 2.75) is 25.1 Å². The van der Waals surface area contributed by atoms with Crippen molar-refractivity contribution in [3.8, 4) is 0 Å². The number of nitro benzene ring substituents is 1. The van der Waals surface area contributed by atoms with Gasteiger partial charge in [0.25, 0.3) is 11.6 Å². The van der Waals surface area contributed by atoms with Crippen molar-refractivity contribution in [3.05, 3.63) is 69.8 Å². The van der Waals surface area contributed by atoms with Crippen LogP contribution in [-0.4, -0.2) is 35.0 Å². The fourth-order valence-electron chi connectivity index (χ4n) is 3.56. The second-order valence-electron chi connectivity index (χ2n) is 6.54. The second-order valence-corrected chi connectivity index (χ2v) is 6.54. The van der Waals surface area contributed by atoms with Crippen molar-refractivity contribution in [1.82, 2.24) is 4.90 Å². The van der Waals surface area contributed by atoms with Gasteiger partial charge in [0.1, 0.15) is 6.17 Å². The van der Waals surface area contributed by atoms with Crippen LogP contribution in [0.25, 0.3) is 0 Å². The quantitative estimate of drug-likeness (QED) is 0.673. The van der Waals surface area contributed by atoms with Crippen LogP contribution in [0.4, 0.5) is 11.4 Å². The lowest BCUT2D eigenvalue weighted by molar-refractivity contribution is -0.384. The highest BCUT2D eigenvalue weighted by Crippen LogP contribution is 2.34. The smallest absolute Gasteiger partial charge is 0.269 e. The summed E-state index contributed by atoms with van der Waals surface area (Å²) in [6.07, 6.45) is 1.42. The zero-order chi connectivity index (χ0) is 18.1. The molecule has 2 aliphatic rings. The van der Waals surface area contributed by atoms with Crippen LogP contribution in [0.5, 0.6) is 0 Å². The number of amides is 1. The maximum atomic E-state index is 13.1. The van der Waals surface area contributed by atoms with E-state index in [1.165, 1.54) is 12.1 Å². The Kier molecular flexibility index (Phi) is 4.30. The van der Waals surface area contributed by atoms with Gasteiger partial charge in [-0.3, -0.25) is 14.9 Å². The number of benzene rings is 2. The first-order valence-electron chi connectivity index (χ1n) is 8.66. The molecule has 2 atom stereocenters. The molecule has 1 N–H and O–H groups in total. The first kappa shape index (κ1) is 16.5. The van der Waals surface area contributed by atoms with Gasteiger partial charge in [0.05, 0.1) is 16.6 Å². The van der Waals surface area contributed by atoms with E-state index < -0.39 is 11.1 Å². The van der Waals surface area contributed by atoms with E-state index in [4.69, 9.17) is 4.74 Å². The molecule has 1 amide bonds. The van der Waals surface area contributed by atoms with Crippen LogP contribution >= 0.6 is 0 Å². The molecule has 2 heterocycles. The lowest BCUT2D eigenvalue weighted by Gasteiger charge is -2.39. The number of carbonyl (C=O) groups is 1. The van der Waals surface area contributed by atoms with Crippen molar-refractivity contribution in [1.29, 1.82) is 0 Å². The second kappa shape index (κ2) is 6.76. The predicted octanol–water partition coefficient (Wildman–Crippen LogP) is 3.34. The van der Waals surface area contributed by atoms with Crippen LogP contribution < -0.4 is 5.32 Å². The van der Waals surface area contributed by atoms with Gasteiger partial charge in [0.15, 0.2) is 0 Å². The van der Waals surface area contributed by atoms with Gasteiger partial charge < -0.3 is 15.0 Å². The van der Waals surface area contributed by atoms with Gasteiger partial charge in [0, 0.05) is 36.5 Å². The molecule has 0 bridgehead atoms. The number of rotatable bonds is 4. The van der Waals surface area contributed by atoms with Crippen LogP contribution in [0.2, 0.25) is 0 Å². The number of fused-ring (bicyclic) bond motifs is 1. The lowest BCUT2D eigenvalue weighted by Crippen LogP contribution is -2.46. The van der Waals surface area contributed by atoms with Crippen molar-refractivity contribution < 1.29 is 14.5 Å². The van der Waals surface area contributed by atoms with E-state index >= 15 is 0 Å². The molecule has 0 saturated carbocycles. The topological polar surface area (TPSA) is 84.7 Å². The summed E-state index contributed by atoms with van der Waals surface area (Å²) in [6, 6.07) is 13.7. The van der Waals surface area contributed by atoms with Crippen molar-refractivity contribution in [3.63, 3.8) is 0 Å². The van der Waals surface area contributed by atoms with Crippen LogP contribution in [0.1, 0.15) is 34.9 Å². The molecule has 1 fully saturated rings. The van der Waals surface area contributed by atoms with Crippen LogP contribution in [0.15, 0.2) is 48.5 Å². The maximum absolute atomic E-state index is 13.1. The summed E-state index contributed by atoms with van der Waals surface area (Å²) in [6.45, 7) is 1.16. The Morgan fingerprint density at radius 3 is 2.85 bits per heavy atom. The average molecular weight is 353 g/mol. The van der Waals surface area contributed by atoms with E-state index in [-0.39, 0.29) is 17.7 Å². The Morgan fingerprint density at radius 1 is 1.23 bits per heavy atom. The average Bonchev–Trinajstić information content (AvgIpc) is 3.17. The third-order valence-electron chi connectivity index (χ3n) is 4.84. The fraction of sp³-hybridized carbons (Fsp3) is 0.316. The number of ether oxygens (including phenoxy) is 1. The first-order valence-corrected chi connectivity index (χ1v) is 8.66. The molecule has 0 spiro atoms. The number of nitrogens with one attached hydrogen (secondary N) is 1. The predicted molar refractivity (Wildman–Crippen MR) is 95.9 cm³/mol. The highest BCUT2D eigenvalue weighted by Gasteiger charge is 2.35. The summed E-state index contributed by atoms with van der Waals surface area (Å²) < 4.78 is 5.71. The zero-order valence-corrected chi connectivity index (χ0v) is 14.1. The summed E-state index contributed by atoms with van der Waals surface area (Å²) in [5.74, 6) is -0.0913. The Bertz CT molecular complexity index is 848. The number of para-hydroxylation sites is 1. The fourth-order valence-corrected chi connectivity index (χ4v) is 3.56. The van der Waals surface area contributed by atoms with E-state index in [2.05, 4.69) is 5.32 Å². The summed E-state index contributed by atoms with van der Waals surface area (Å²) in [5.41, 5.74) is 2.03.